The fourth-order valence-corrected chi connectivity index (χ4v) is 2.50. The number of sulfone groups is 1. The van der Waals surface area contributed by atoms with Crippen molar-refractivity contribution in [3.8, 4) is 0 Å². The first-order chi connectivity index (χ1) is 7.80. The van der Waals surface area contributed by atoms with Gasteiger partial charge >= 0.3 is 0 Å². The number of hydrogen-bond donors (Lipinski definition) is 2. The van der Waals surface area contributed by atoms with Crippen LogP contribution in [0, 0.1) is 5.92 Å². The van der Waals surface area contributed by atoms with Crippen LogP contribution in [0.25, 0.3) is 0 Å². The third-order valence-corrected chi connectivity index (χ3v) is 4.83. The Kier molecular flexibility index (Phi) is 4.94. The lowest BCUT2D eigenvalue weighted by atomic mass is 9.87. The van der Waals surface area contributed by atoms with Gasteiger partial charge in [0.1, 0.15) is 5.25 Å². The molecule has 1 amide bonds. The first-order valence-electron chi connectivity index (χ1n) is 5.95. The largest absolute Gasteiger partial charge is 0.393 e. The van der Waals surface area contributed by atoms with Crippen LogP contribution in [-0.4, -0.2) is 43.6 Å². The van der Waals surface area contributed by atoms with Crippen LogP contribution >= 0.6 is 0 Å². The van der Waals surface area contributed by atoms with Crippen LogP contribution in [0.3, 0.4) is 0 Å². The molecule has 0 aromatic carbocycles. The predicted octanol–water partition coefficient (Wildman–Crippen LogP) is 0.0868. The number of aliphatic hydroxyl groups excluding tert-OH is 1. The standard InChI is InChI=1S/C11H21NO4S/c1-8(17(2,15)16)11(14)12-7-9-4-3-5-10(13)6-9/h8-10,13H,3-7H2,1-2H3,(H,12,14). The van der Waals surface area contributed by atoms with Crippen LogP contribution < -0.4 is 5.32 Å². The number of hydrogen-bond acceptors (Lipinski definition) is 4. The first-order valence-corrected chi connectivity index (χ1v) is 7.90. The van der Waals surface area contributed by atoms with Gasteiger partial charge in [-0.15, -0.1) is 0 Å². The van der Waals surface area contributed by atoms with Crippen molar-refractivity contribution in [3.63, 3.8) is 0 Å². The Labute approximate surface area is 103 Å². The summed E-state index contributed by atoms with van der Waals surface area (Å²) in [4.78, 5) is 11.6. The fraction of sp³-hybridized carbons (Fsp3) is 0.909. The van der Waals surface area contributed by atoms with Crippen LogP contribution in [0.15, 0.2) is 0 Å². The summed E-state index contributed by atoms with van der Waals surface area (Å²) in [6, 6.07) is 0. The molecule has 0 heterocycles. The van der Waals surface area contributed by atoms with Gasteiger partial charge in [0.15, 0.2) is 9.84 Å². The number of aliphatic hydroxyl groups is 1. The lowest BCUT2D eigenvalue weighted by molar-refractivity contribution is -0.120. The molecule has 1 fully saturated rings. The molecule has 0 aromatic rings. The quantitative estimate of drug-likeness (QED) is 0.753. The van der Waals surface area contributed by atoms with Crippen molar-refractivity contribution in [2.24, 2.45) is 5.92 Å². The predicted molar refractivity (Wildman–Crippen MR) is 65.3 cm³/mol. The van der Waals surface area contributed by atoms with Gasteiger partial charge in [0.25, 0.3) is 0 Å². The molecular formula is C11H21NO4S. The van der Waals surface area contributed by atoms with Gasteiger partial charge in [-0.2, -0.15) is 0 Å². The molecule has 0 bridgehead atoms. The maximum absolute atomic E-state index is 11.6. The number of rotatable bonds is 4. The molecule has 17 heavy (non-hydrogen) atoms. The molecule has 2 N–H and O–H groups in total. The van der Waals surface area contributed by atoms with Crippen LogP contribution in [-0.2, 0) is 14.6 Å². The van der Waals surface area contributed by atoms with Gasteiger partial charge < -0.3 is 10.4 Å². The van der Waals surface area contributed by atoms with E-state index in [-0.39, 0.29) is 12.0 Å². The molecule has 1 saturated carbocycles. The van der Waals surface area contributed by atoms with Crippen molar-refractivity contribution < 1.29 is 18.3 Å². The monoisotopic (exact) mass is 263 g/mol. The van der Waals surface area contributed by atoms with E-state index in [1.165, 1.54) is 6.92 Å². The van der Waals surface area contributed by atoms with E-state index >= 15 is 0 Å². The highest BCUT2D eigenvalue weighted by Gasteiger charge is 2.25. The maximum Gasteiger partial charge on any atom is 0.238 e. The Hall–Kier alpha value is -0.620. The van der Waals surface area contributed by atoms with Crippen LogP contribution in [0.2, 0.25) is 0 Å². The van der Waals surface area contributed by atoms with Gasteiger partial charge in [0.2, 0.25) is 5.91 Å². The zero-order valence-corrected chi connectivity index (χ0v) is 11.2. The highest BCUT2D eigenvalue weighted by molar-refractivity contribution is 7.92. The van der Waals surface area contributed by atoms with Gasteiger partial charge in [-0.25, -0.2) is 8.42 Å². The van der Waals surface area contributed by atoms with Crippen molar-refractivity contribution in [1.29, 1.82) is 0 Å². The smallest absolute Gasteiger partial charge is 0.238 e. The van der Waals surface area contributed by atoms with Crippen LogP contribution in [0.5, 0.6) is 0 Å². The summed E-state index contributed by atoms with van der Waals surface area (Å²) in [5.41, 5.74) is 0. The topological polar surface area (TPSA) is 83.5 Å². The van der Waals surface area contributed by atoms with Crippen molar-refractivity contribution in [2.45, 2.75) is 44.0 Å². The lowest BCUT2D eigenvalue weighted by Gasteiger charge is -2.26. The molecule has 6 heteroatoms. The summed E-state index contributed by atoms with van der Waals surface area (Å²) in [6.45, 7) is 1.84. The molecule has 0 saturated heterocycles. The maximum atomic E-state index is 11.6. The Morgan fingerprint density at radius 3 is 2.65 bits per heavy atom. The molecule has 3 unspecified atom stereocenters. The average molecular weight is 263 g/mol. The molecule has 1 aliphatic rings. The molecule has 1 aliphatic carbocycles. The molecule has 3 atom stereocenters. The van der Waals surface area contributed by atoms with E-state index in [0.717, 1.165) is 25.5 Å². The molecule has 0 radical (unpaired) electrons. The van der Waals surface area contributed by atoms with E-state index in [9.17, 15) is 18.3 Å². The van der Waals surface area contributed by atoms with Crippen molar-refractivity contribution >= 4 is 15.7 Å². The molecule has 100 valence electrons. The number of carbonyl (C=O) groups excluding carboxylic acids is 1. The highest BCUT2D eigenvalue weighted by atomic mass is 32.2. The van der Waals surface area contributed by atoms with E-state index < -0.39 is 21.0 Å². The zero-order chi connectivity index (χ0) is 13.1. The molecule has 0 aromatic heterocycles. The van der Waals surface area contributed by atoms with E-state index in [4.69, 9.17) is 0 Å². The number of amides is 1. The fourth-order valence-electron chi connectivity index (χ4n) is 2.03. The summed E-state index contributed by atoms with van der Waals surface area (Å²) < 4.78 is 22.4. The van der Waals surface area contributed by atoms with Crippen LogP contribution in [0.4, 0.5) is 0 Å². The van der Waals surface area contributed by atoms with Crippen molar-refractivity contribution in [2.75, 3.05) is 12.8 Å². The summed E-state index contributed by atoms with van der Waals surface area (Å²) >= 11 is 0. The second kappa shape index (κ2) is 5.82. The Morgan fingerprint density at radius 2 is 2.12 bits per heavy atom. The SMILES string of the molecule is CC(C(=O)NCC1CCCC(O)C1)S(C)(=O)=O. The minimum atomic E-state index is -3.33. The Balaban J connectivity index is 2.38. The molecular weight excluding hydrogens is 242 g/mol. The summed E-state index contributed by atoms with van der Waals surface area (Å²) in [5, 5.41) is 11.1. The second-order valence-corrected chi connectivity index (χ2v) is 7.27. The minimum Gasteiger partial charge on any atom is -0.393 e. The van der Waals surface area contributed by atoms with Gasteiger partial charge in [0, 0.05) is 12.8 Å². The third-order valence-electron chi connectivity index (χ3n) is 3.33. The molecule has 1 rings (SSSR count). The third kappa shape index (κ3) is 4.63. The van der Waals surface area contributed by atoms with Crippen molar-refractivity contribution in [1.82, 2.24) is 5.32 Å². The molecule has 0 aliphatic heterocycles. The lowest BCUT2D eigenvalue weighted by Crippen LogP contribution is -2.40. The van der Waals surface area contributed by atoms with E-state index in [1.807, 2.05) is 0 Å². The molecule has 5 nitrogen and oxygen atoms in total. The zero-order valence-electron chi connectivity index (χ0n) is 10.3. The summed E-state index contributed by atoms with van der Waals surface area (Å²) in [7, 11) is -3.33. The Morgan fingerprint density at radius 1 is 1.47 bits per heavy atom. The second-order valence-electron chi connectivity index (χ2n) is 4.90. The molecule has 0 spiro atoms. The van der Waals surface area contributed by atoms with Crippen molar-refractivity contribution in [3.05, 3.63) is 0 Å². The Bertz CT molecular complexity index is 366. The highest BCUT2D eigenvalue weighted by Crippen LogP contribution is 2.23. The van der Waals surface area contributed by atoms with Gasteiger partial charge in [0.05, 0.1) is 6.10 Å². The van der Waals surface area contributed by atoms with Gasteiger partial charge in [-0.05, 0) is 32.1 Å². The summed E-state index contributed by atoms with van der Waals surface area (Å²) in [5.74, 6) is -0.193. The van der Waals surface area contributed by atoms with Gasteiger partial charge in [-0.3, -0.25) is 4.79 Å². The summed E-state index contributed by atoms with van der Waals surface area (Å²) in [6.07, 6.45) is 4.23. The normalized spacial score (nSPS) is 27.5. The number of nitrogens with one attached hydrogen (secondary N) is 1. The van der Waals surface area contributed by atoms with E-state index in [0.29, 0.717) is 13.0 Å². The van der Waals surface area contributed by atoms with Crippen LogP contribution in [0.1, 0.15) is 32.6 Å². The van der Waals surface area contributed by atoms with Gasteiger partial charge in [-0.1, -0.05) is 6.42 Å². The van der Waals surface area contributed by atoms with E-state index in [1.54, 1.807) is 0 Å². The first kappa shape index (κ1) is 14.4. The average Bonchev–Trinajstić information content (AvgIpc) is 2.23. The minimum absolute atomic E-state index is 0.259. The van der Waals surface area contributed by atoms with E-state index in [2.05, 4.69) is 5.32 Å². The number of carbonyl (C=O) groups is 1.